The molecule has 0 spiro atoms. The predicted molar refractivity (Wildman–Crippen MR) is 118 cm³/mol. The van der Waals surface area contributed by atoms with E-state index >= 15 is 0 Å². The second kappa shape index (κ2) is 8.41. The normalized spacial score (nSPS) is 19.1. The van der Waals surface area contributed by atoms with Gasteiger partial charge in [0.05, 0.1) is 11.4 Å². The molecule has 0 radical (unpaired) electrons. The Bertz CT molecular complexity index is 1090. The van der Waals surface area contributed by atoms with Gasteiger partial charge in [-0.25, -0.2) is 0 Å². The monoisotopic (exact) mass is 421 g/mol. The second-order valence-corrected chi connectivity index (χ2v) is 8.76. The van der Waals surface area contributed by atoms with Crippen molar-refractivity contribution >= 4 is 45.8 Å². The molecule has 6 nitrogen and oxygen atoms in total. The largest absolute Gasteiger partial charge is 0.341 e. The summed E-state index contributed by atoms with van der Waals surface area (Å²) in [6.07, 6.45) is 10.9. The number of carbonyl (C=O) groups excluding carboxylic acids is 3. The number of hydrogen-bond donors (Lipinski definition) is 0. The van der Waals surface area contributed by atoms with E-state index in [1.807, 2.05) is 39.9 Å². The highest BCUT2D eigenvalue weighted by molar-refractivity contribution is 8.18. The number of rotatable bonds is 4. The summed E-state index contributed by atoms with van der Waals surface area (Å²) in [5, 5.41) is 0.573. The number of benzene rings is 1. The lowest BCUT2D eigenvalue weighted by molar-refractivity contribution is -0.133. The number of imide groups is 1. The van der Waals surface area contributed by atoms with E-state index in [9.17, 15) is 14.4 Å². The molecular formula is C23H23N3O3S. The summed E-state index contributed by atoms with van der Waals surface area (Å²) in [7, 11) is 0. The van der Waals surface area contributed by atoms with E-state index in [0.717, 1.165) is 59.1 Å². The zero-order valence-corrected chi connectivity index (χ0v) is 17.7. The molecule has 4 rings (SSSR count). The van der Waals surface area contributed by atoms with Crippen molar-refractivity contribution in [3.05, 3.63) is 40.9 Å². The molecule has 30 heavy (non-hydrogen) atoms. The maximum atomic E-state index is 12.8. The van der Waals surface area contributed by atoms with Crippen LogP contribution in [0.25, 0.3) is 17.0 Å². The Hall–Kier alpha value is -2.98. The zero-order chi connectivity index (χ0) is 21.3. The highest BCUT2D eigenvalue weighted by atomic mass is 32.2. The van der Waals surface area contributed by atoms with Crippen molar-refractivity contribution in [2.75, 3.05) is 19.6 Å². The summed E-state index contributed by atoms with van der Waals surface area (Å²) in [6, 6.07) is 7.76. The summed E-state index contributed by atoms with van der Waals surface area (Å²) < 4.78 is 1.92. The summed E-state index contributed by atoms with van der Waals surface area (Å²) in [6.45, 7) is 4.04. The van der Waals surface area contributed by atoms with E-state index in [0.29, 0.717) is 10.8 Å². The zero-order valence-electron chi connectivity index (χ0n) is 16.8. The van der Waals surface area contributed by atoms with E-state index in [4.69, 9.17) is 6.42 Å². The molecular weight excluding hydrogens is 398 g/mol. The maximum Gasteiger partial charge on any atom is 0.294 e. The van der Waals surface area contributed by atoms with Crippen molar-refractivity contribution in [1.82, 2.24) is 14.4 Å². The number of aromatic nitrogens is 1. The van der Waals surface area contributed by atoms with Gasteiger partial charge in [-0.1, -0.05) is 31.0 Å². The molecule has 1 aromatic carbocycles. The van der Waals surface area contributed by atoms with Crippen LogP contribution in [0.1, 0.15) is 25.3 Å². The van der Waals surface area contributed by atoms with Crippen LogP contribution in [-0.4, -0.2) is 51.1 Å². The molecule has 3 heterocycles. The smallest absolute Gasteiger partial charge is 0.294 e. The number of para-hydroxylation sites is 1. The Morgan fingerprint density at radius 2 is 2.00 bits per heavy atom. The molecule has 2 aliphatic rings. The van der Waals surface area contributed by atoms with Crippen molar-refractivity contribution in [2.24, 2.45) is 5.92 Å². The maximum absolute atomic E-state index is 12.8. The first-order valence-electron chi connectivity index (χ1n) is 10.0. The fourth-order valence-corrected chi connectivity index (χ4v) is 4.72. The topological polar surface area (TPSA) is 62.6 Å². The van der Waals surface area contributed by atoms with Crippen LogP contribution in [0.5, 0.6) is 0 Å². The number of hydrogen-bond acceptors (Lipinski definition) is 4. The third kappa shape index (κ3) is 3.88. The quantitative estimate of drug-likeness (QED) is 0.559. The molecule has 0 aliphatic carbocycles. The van der Waals surface area contributed by atoms with Gasteiger partial charge in [0.25, 0.3) is 11.1 Å². The summed E-state index contributed by atoms with van der Waals surface area (Å²) in [5.74, 6) is 2.73. The number of thioether (sulfide) groups is 1. The van der Waals surface area contributed by atoms with Gasteiger partial charge < -0.3 is 9.47 Å². The number of carbonyl (C=O) groups is 3. The van der Waals surface area contributed by atoms with Crippen molar-refractivity contribution in [1.29, 1.82) is 0 Å². The molecule has 0 unspecified atom stereocenters. The molecule has 2 saturated heterocycles. The molecule has 2 aromatic rings. The van der Waals surface area contributed by atoms with E-state index in [-0.39, 0.29) is 30.1 Å². The molecule has 2 fully saturated rings. The molecule has 1 aromatic heterocycles. The van der Waals surface area contributed by atoms with Crippen LogP contribution in [-0.2, 0) is 16.1 Å². The number of terminal acetylenes is 1. The summed E-state index contributed by atoms with van der Waals surface area (Å²) in [4.78, 5) is 40.8. The fraction of sp³-hybridized carbons (Fsp3) is 0.348. The van der Waals surface area contributed by atoms with Crippen molar-refractivity contribution in [2.45, 2.75) is 26.3 Å². The minimum atomic E-state index is -0.377. The van der Waals surface area contributed by atoms with Crippen LogP contribution in [0, 0.1) is 18.3 Å². The first kappa shape index (κ1) is 20.3. The Morgan fingerprint density at radius 1 is 1.27 bits per heavy atom. The van der Waals surface area contributed by atoms with Crippen LogP contribution in [0.15, 0.2) is 35.4 Å². The van der Waals surface area contributed by atoms with Crippen molar-refractivity contribution < 1.29 is 14.4 Å². The van der Waals surface area contributed by atoms with Crippen LogP contribution in [0.4, 0.5) is 4.79 Å². The standard InChI is InChI=1S/C23H23N3O3S/c1-3-10-26-22(28)20(30-23(26)29)13-17-14-25(19-7-5-4-6-18(17)19)15-21(27)24-11-8-16(2)9-12-24/h1,4-7,13-14,16H,8-12,15H2,2H3/b20-13-. The Balaban J connectivity index is 1.62. The summed E-state index contributed by atoms with van der Waals surface area (Å²) in [5.41, 5.74) is 1.72. The van der Waals surface area contributed by atoms with E-state index in [2.05, 4.69) is 12.8 Å². The lowest BCUT2D eigenvalue weighted by atomic mass is 9.99. The van der Waals surface area contributed by atoms with Gasteiger partial charge in [0.2, 0.25) is 5.91 Å². The van der Waals surface area contributed by atoms with Gasteiger partial charge in [0.15, 0.2) is 0 Å². The first-order chi connectivity index (χ1) is 14.5. The van der Waals surface area contributed by atoms with Gasteiger partial charge in [-0.15, -0.1) is 6.42 Å². The Labute approximate surface area is 179 Å². The van der Waals surface area contributed by atoms with Gasteiger partial charge in [-0.3, -0.25) is 19.3 Å². The highest BCUT2D eigenvalue weighted by Gasteiger charge is 2.34. The van der Waals surface area contributed by atoms with Gasteiger partial charge in [0, 0.05) is 35.8 Å². The van der Waals surface area contributed by atoms with Crippen LogP contribution in [0.3, 0.4) is 0 Å². The molecule has 0 saturated carbocycles. The fourth-order valence-electron chi connectivity index (χ4n) is 3.89. The third-order valence-corrected chi connectivity index (χ3v) is 6.58. The average Bonchev–Trinajstić information content (AvgIpc) is 3.21. The predicted octanol–water partition coefficient (Wildman–Crippen LogP) is 3.57. The first-order valence-corrected chi connectivity index (χ1v) is 10.8. The van der Waals surface area contributed by atoms with Crippen molar-refractivity contribution in [3.63, 3.8) is 0 Å². The number of likely N-dealkylation sites (tertiary alicyclic amines) is 1. The third-order valence-electron chi connectivity index (χ3n) is 5.67. The average molecular weight is 422 g/mol. The second-order valence-electron chi connectivity index (χ2n) is 7.76. The number of piperidine rings is 1. The van der Waals surface area contributed by atoms with Crippen LogP contribution in [0.2, 0.25) is 0 Å². The lowest BCUT2D eigenvalue weighted by Gasteiger charge is -2.30. The van der Waals surface area contributed by atoms with Crippen LogP contribution < -0.4 is 0 Å². The Morgan fingerprint density at radius 3 is 2.73 bits per heavy atom. The number of nitrogens with zero attached hydrogens (tertiary/aromatic N) is 3. The summed E-state index contributed by atoms with van der Waals surface area (Å²) >= 11 is 0.890. The molecule has 0 N–H and O–H groups in total. The minimum absolute atomic E-state index is 0.0350. The number of fused-ring (bicyclic) bond motifs is 1. The highest BCUT2D eigenvalue weighted by Crippen LogP contribution is 2.34. The molecule has 0 bridgehead atoms. The van der Waals surface area contributed by atoms with Crippen molar-refractivity contribution in [3.8, 4) is 12.3 Å². The lowest BCUT2D eigenvalue weighted by Crippen LogP contribution is -2.39. The van der Waals surface area contributed by atoms with Crippen LogP contribution >= 0.6 is 11.8 Å². The molecule has 2 aliphatic heterocycles. The SMILES string of the molecule is C#CCN1C(=O)S/C(=C\c2cn(CC(=O)N3CCC(C)CC3)c3ccccc23)C1=O. The molecule has 154 valence electrons. The Kier molecular flexibility index (Phi) is 5.69. The van der Waals surface area contributed by atoms with Gasteiger partial charge in [-0.2, -0.15) is 0 Å². The molecule has 3 amide bonds. The van der Waals surface area contributed by atoms with E-state index < -0.39 is 0 Å². The number of amides is 3. The van der Waals surface area contributed by atoms with E-state index in [1.54, 1.807) is 6.08 Å². The van der Waals surface area contributed by atoms with Gasteiger partial charge in [-0.05, 0) is 42.7 Å². The minimum Gasteiger partial charge on any atom is -0.341 e. The van der Waals surface area contributed by atoms with Gasteiger partial charge >= 0.3 is 0 Å². The van der Waals surface area contributed by atoms with Gasteiger partial charge in [0.1, 0.15) is 6.54 Å². The molecule has 0 atom stereocenters. The molecule has 7 heteroatoms. The van der Waals surface area contributed by atoms with E-state index in [1.165, 1.54) is 0 Å².